The zero-order valence-electron chi connectivity index (χ0n) is 27.5. The fraction of sp³-hybridized carbons (Fsp3) is 0.318. The van der Waals surface area contributed by atoms with Crippen molar-refractivity contribution in [3.8, 4) is 34.8 Å². The average molecular weight is 607 g/mol. The molecule has 0 aliphatic carbocycles. The fourth-order valence-corrected chi connectivity index (χ4v) is 5.33. The Labute approximate surface area is 276 Å². The molecule has 0 spiro atoms. The Morgan fingerprint density at radius 1 is 0.413 bits per heavy atom. The molecule has 4 aromatic carbocycles. The van der Waals surface area contributed by atoms with Crippen molar-refractivity contribution in [2.45, 2.75) is 90.9 Å². The van der Waals surface area contributed by atoms with Gasteiger partial charge in [0.25, 0.3) is 0 Å². The second kappa shape index (κ2) is 19.0. The van der Waals surface area contributed by atoms with E-state index < -0.39 is 0 Å². The van der Waals surface area contributed by atoms with Crippen molar-refractivity contribution in [2.24, 2.45) is 0 Å². The second-order valence-corrected chi connectivity index (χ2v) is 11.9. The Morgan fingerprint density at radius 3 is 1.04 bits per heavy atom. The van der Waals surface area contributed by atoms with Crippen LogP contribution in [0.25, 0.3) is 11.1 Å². The fourth-order valence-electron chi connectivity index (χ4n) is 5.33. The summed E-state index contributed by atoms with van der Waals surface area (Å²) in [6, 6.07) is 30.4. The minimum atomic E-state index is -0.0117. The van der Waals surface area contributed by atoms with Gasteiger partial charge in [-0.15, -0.1) is 0 Å². The van der Waals surface area contributed by atoms with Crippen LogP contribution in [-0.2, 0) is 0 Å². The molecule has 0 unspecified atom stereocenters. The Morgan fingerprint density at radius 2 is 0.717 bits per heavy atom. The van der Waals surface area contributed by atoms with Crippen molar-refractivity contribution in [1.29, 1.82) is 0 Å². The summed E-state index contributed by atoms with van der Waals surface area (Å²) in [5, 5.41) is 0. The van der Waals surface area contributed by atoms with E-state index in [-0.39, 0.29) is 11.6 Å². The van der Waals surface area contributed by atoms with Crippen LogP contribution < -0.4 is 0 Å². The first-order valence-electron chi connectivity index (χ1n) is 17.1. The average Bonchev–Trinajstić information content (AvgIpc) is 3.11. The summed E-state index contributed by atoms with van der Waals surface area (Å²) in [6.45, 7) is 4.45. The van der Waals surface area contributed by atoms with Crippen LogP contribution in [0.5, 0.6) is 0 Å². The van der Waals surface area contributed by atoms with Gasteiger partial charge in [-0.25, -0.2) is 0 Å². The molecule has 0 amide bonds. The van der Waals surface area contributed by atoms with Crippen molar-refractivity contribution < 1.29 is 9.59 Å². The van der Waals surface area contributed by atoms with Crippen molar-refractivity contribution in [2.75, 3.05) is 0 Å². The lowest BCUT2D eigenvalue weighted by Crippen LogP contribution is -2.01. The number of benzene rings is 4. The number of ketones is 2. The van der Waals surface area contributed by atoms with Crippen LogP contribution in [0.15, 0.2) is 97.1 Å². The van der Waals surface area contributed by atoms with Crippen molar-refractivity contribution in [3.05, 3.63) is 130 Å². The van der Waals surface area contributed by atoms with Gasteiger partial charge in [-0.3, -0.25) is 9.59 Å². The third kappa shape index (κ3) is 10.8. The summed E-state index contributed by atoms with van der Waals surface area (Å²) in [5.41, 5.74) is 6.44. The third-order valence-corrected chi connectivity index (χ3v) is 8.20. The molecule has 0 saturated carbocycles. The lowest BCUT2D eigenvalue weighted by Gasteiger charge is -2.07. The van der Waals surface area contributed by atoms with Gasteiger partial charge in [-0.1, -0.05) is 137 Å². The number of carbonyl (C=O) groups is 2. The van der Waals surface area contributed by atoms with Crippen LogP contribution in [0.4, 0.5) is 0 Å². The van der Waals surface area contributed by atoms with Gasteiger partial charge in [0.1, 0.15) is 0 Å². The Balaban J connectivity index is 1.29. The van der Waals surface area contributed by atoms with E-state index in [9.17, 15) is 9.59 Å². The topological polar surface area (TPSA) is 34.1 Å². The summed E-state index contributed by atoms with van der Waals surface area (Å²) >= 11 is 0. The number of rotatable bonds is 15. The molecule has 234 valence electrons. The van der Waals surface area contributed by atoms with Crippen LogP contribution in [0.2, 0.25) is 0 Å². The predicted molar refractivity (Wildman–Crippen MR) is 192 cm³/mol. The molecule has 0 bridgehead atoms. The second-order valence-electron chi connectivity index (χ2n) is 11.9. The summed E-state index contributed by atoms with van der Waals surface area (Å²) in [6.07, 6.45) is 14.3. The van der Waals surface area contributed by atoms with Gasteiger partial charge >= 0.3 is 0 Å². The van der Waals surface area contributed by atoms with E-state index in [1.54, 1.807) is 0 Å². The van der Waals surface area contributed by atoms with Gasteiger partial charge < -0.3 is 0 Å². The molecule has 0 saturated heterocycles. The summed E-state index contributed by atoms with van der Waals surface area (Å²) in [4.78, 5) is 26.2. The molecule has 4 rings (SSSR count). The monoisotopic (exact) mass is 606 g/mol. The lowest BCUT2D eigenvalue weighted by molar-refractivity contribution is 0.103. The van der Waals surface area contributed by atoms with Gasteiger partial charge in [0, 0.05) is 46.2 Å². The minimum absolute atomic E-state index is 0.0117. The van der Waals surface area contributed by atoms with Gasteiger partial charge in [0.05, 0.1) is 0 Å². The molecule has 2 nitrogen and oxygen atoms in total. The van der Waals surface area contributed by atoms with E-state index in [4.69, 9.17) is 0 Å². The summed E-state index contributed by atoms with van der Waals surface area (Å²) in [7, 11) is 0. The van der Waals surface area contributed by atoms with Crippen LogP contribution in [0.3, 0.4) is 0 Å². The first-order chi connectivity index (χ1) is 22.6. The van der Waals surface area contributed by atoms with E-state index in [2.05, 4.69) is 37.5 Å². The highest BCUT2D eigenvalue weighted by Gasteiger charge is 2.11. The Kier molecular flexibility index (Phi) is 14.1. The maximum atomic E-state index is 13.1. The number of unbranched alkanes of at least 4 members (excludes halogenated alkanes) is 10. The van der Waals surface area contributed by atoms with Crippen molar-refractivity contribution >= 4 is 11.6 Å². The van der Waals surface area contributed by atoms with Crippen molar-refractivity contribution in [3.63, 3.8) is 0 Å². The molecule has 4 aromatic rings. The maximum absolute atomic E-state index is 13.1. The molecule has 0 aromatic heterocycles. The molecule has 0 aliphatic heterocycles. The molecule has 0 heterocycles. The molecule has 0 aliphatic rings. The SMILES string of the molecule is CCCCCCCC#Cc1ccc(C(=O)c2ccc(-c3ccc(C(=O)c4ccc(C#CCCCCCCC)cc4)cc3)cc2)cc1. The quantitative estimate of drug-likeness (QED) is 0.0766. The molecule has 2 heteroatoms. The third-order valence-electron chi connectivity index (χ3n) is 8.20. The van der Waals surface area contributed by atoms with Gasteiger partial charge in [-0.05, 0) is 72.5 Å². The van der Waals surface area contributed by atoms with Crippen LogP contribution in [-0.4, -0.2) is 11.6 Å². The van der Waals surface area contributed by atoms with Gasteiger partial charge in [-0.2, -0.15) is 0 Å². The highest BCUT2D eigenvalue weighted by molar-refractivity contribution is 6.10. The van der Waals surface area contributed by atoms with Crippen LogP contribution in [0, 0.1) is 23.7 Å². The Bertz CT molecular complexity index is 1520. The highest BCUT2D eigenvalue weighted by atomic mass is 16.1. The molecular weight excluding hydrogens is 560 g/mol. The molecule has 0 radical (unpaired) electrons. The maximum Gasteiger partial charge on any atom is 0.193 e. The Hall–Kier alpha value is -4.66. The van der Waals surface area contributed by atoms with E-state index >= 15 is 0 Å². The summed E-state index contributed by atoms with van der Waals surface area (Å²) in [5.74, 6) is 12.9. The zero-order valence-corrected chi connectivity index (χ0v) is 27.5. The molecule has 46 heavy (non-hydrogen) atoms. The van der Waals surface area contributed by atoms with Gasteiger partial charge in [0.15, 0.2) is 11.6 Å². The van der Waals surface area contributed by atoms with Gasteiger partial charge in [0.2, 0.25) is 0 Å². The lowest BCUT2D eigenvalue weighted by atomic mass is 9.97. The van der Waals surface area contributed by atoms with Crippen molar-refractivity contribution in [1.82, 2.24) is 0 Å². The molecule has 0 N–H and O–H groups in total. The first-order valence-corrected chi connectivity index (χ1v) is 17.1. The molecule has 0 atom stereocenters. The first kappa shape index (κ1) is 34.2. The van der Waals surface area contributed by atoms with Crippen LogP contribution >= 0.6 is 0 Å². The van der Waals surface area contributed by atoms with E-state index in [1.165, 1.54) is 51.4 Å². The molecular formula is C44H46O2. The highest BCUT2D eigenvalue weighted by Crippen LogP contribution is 2.23. The predicted octanol–water partition coefficient (Wildman–Crippen LogP) is 11.2. The number of hydrogen-bond donors (Lipinski definition) is 0. The standard InChI is InChI=1S/C44H46O2/c1-3-5-7-9-11-13-15-17-35-19-23-39(24-20-35)43(45)41-31-27-37(28-32-41)38-29-33-42(34-30-38)44(46)40-25-21-36(22-26-40)18-16-14-12-10-8-6-4-2/h19-34H,3-14H2,1-2H3. The smallest absolute Gasteiger partial charge is 0.193 e. The van der Waals surface area contributed by atoms with E-state index in [0.717, 1.165) is 47.9 Å². The number of carbonyl (C=O) groups excluding carboxylic acids is 2. The normalized spacial score (nSPS) is 10.4. The van der Waals surface area contributed by atoms with Crippen LogP contribution in [0.1, 0.15) is 134 Å². The van der Waals surface area contributed by atoms with E-state index in [1.807, 2.05) is 97.1 Å². The summed E-state index contributed by atoms with van der Waals surface area (Å²) < 4.78 is 0. The largest absolute Gasteiger partial charge is 0.289 e. The molecule has 0 fully saturated rings. The number of hydrogen-bond acceptors (Lipinski definition) is 2. The minimum Gasteiger partial charge on any atom is -0.289 e. The zero-order chi connectivity index (χ0) is 32.4. The van der Waals surface area contributed by atoms with E-state index in [0.29, 0.717) is 22.3 Å².